The molecule has 1 N–H and O–H groups in total. The molecule has 35 heavy (non-hydrogen) atoms. The molecule has 0 saturated heterocycles. The first-order chi connectivity index (χ1) is 16.3. The topological polar surface area (TPSA) is 66.5 Å². The zero-order chi connectivity index (χ0) is 24.3. The Kier molecular flexibility index (Phi) is 9.47. The molecule has 2 aromatic rings. The summed E-state index contributed by atoms with van der Waals surface area (Å²) in [7, 11) is -3.21. The van der Waals surface area contributed by atoms with Crippen molar-refractivity contribution in [1.82, 2.24) is 10.2 Å². The maximum Gasteiger partial charge on any atom is 0.251 e. The Balaban J connectivity index is 0.00000342. The summed E-state index contributed by atoms with van der Waals surface area (Å²) in [4.78, 5) is 15.8. The highest BCUT2D eigenvalue weighted by atomic mass is 32.2. The molecule has 2 aromatic carbocycles. The van der Waals surface area contributed by atoms with Crippen molar-refractivity contribution in [3.63, 3.8) is 0 Å². The smallest absolute Gasteiger partial charge is 0.251 e. The predicted molar refractivity (Wildman–Crippen MR) is 147 cm³/mol. The summed E-state index contributed by atoms with van der Waals surface area (Å²) in [6.45, 7) is 8.72. The van der Waals surface area contributed by atoms with Crippen LogP contribution in [0.1, 0.15) is 86.0 Å². The van der Waals surface area contributed by atoms with E-state index in [1.165, 1.54) is 36.8 Å². The van der Waals surface area contributed by atoms with Crippen LogP contribution in [-0.4, -0.2) is 31.5 Å². The number of carbonyl (C=O) groups is 1. The average molecular weight is 517 g/mol. The first-order valence-electron chi connectivity index (χ1n) is 12.8. The maximum atomic E-state index is 12.8. The summed E-state index contributed by atoms with van der Waals surface area (Å²) in [5.74, 6) is 1.65. The molecule has 1 aliphatic heterocycles. The van der Waals surface area contributed by atoms with Crippen molar-refractivity contribution in [2.75, 3.05) is 12.3 Å². The molecule has 7 heteroatoms. The second-order valence-electron chi connectivity index (χ2n) is 10.1. The maximum absolute atomic E-state index is 12.8. The Morgan fingerprint density at radius 2 is 1.71 bits per heavy atom. The normalized spacial score (nSPS) is 22.3. The summed E-state index contributed by atoms with van der Waals surface area (Å²) in [5, 5.41) is 2.98. The molecule has 0 radical (unpaired) electrons. The molecule has 0 unspecified atom stereocenters. The van der Waals surface area contributed by atoms with Crippen LogP contribution >= 0.6 is 13.5 Å². The molecule has 0 bridgehead atoms. The molecule has 1 atom stereocenters. The van der Waals surface area contributed by atoms with Gasteiger partial charge in [0, 0.05) is 31.2 Å². The van der Waals surface area contributed by atoms with E-state index in [9.17, 15) is 13.2 Å². The highest BCUT2D eigenvalue weighted by Crippen LogP contribution is 2.39. The van der Waals surface area contributed by atoms with Crippen molar-refractivity contribution in [1.29, 1.82) is 0 Å². The molecule has 1 amide bonds. The summed E-state index contributed by atoms with van der Waals surface area (Å²) in [5.41, 5.74) is 4.21. The number of nitrogens with one attached hydrogen (secondary N) is 1. The van der Waals surface area contributed by atoms with Gasteiger partial charge in [0.15, 0.2) is 9.84 Å². The molecule has 2 aliphatic rings. The second-order valence-corrected chi connectivity index (χ2v) is 12.4. The molecule has 0 aromatic heterocycles. The third kappa shape index (κ3) is 6.49. The molecule has 1 fully saturated rings. The SMILES string of the molecule is CC[C@H]1c2ccc(C(=O)NCc3ccc(S(=O)(=O)CC)cc3)cc2CN1CC1CCC(C)CC1.S. The first-order valence-corrected chi connectivity index (χ1v) is 14.4. The lowest BCUT2D eigenvalue weighted by Crippen LogP contribution is -2.30. The second kappa shape index (κ2) is 11.9. The van der Waals surface area contributed by atoms with Gasteiger partial charge in [-0.15, -0.1) is 0 Å². The van der Waals surface area contributed by atoms with E-state index >= 15 is 0 Å². The summed E-state index contributed by atoms with van der Waals surface area (Å²) < 4.78 is 24.0. The van der Waals surface area contributed by atoms with Gasteiger partial charge in [-0.25, -0.2) is 8.42 Å². The minimum Gasteiger partial charge on any atom is -0.348 e. The Hall–Kier alpha value is -1.83. The Morgan fingerprint density at radius 3 is 2.34 bits per heavy atom. The average Bonchev–Trinajstić information content (AvgIpc) is 3.20. The summed E-state index contributed by atoms with van der Waals surface area (Å²) in [6, 6.07) is 13.4. The zero-order valence-corrected chi connectivity index (χ0v) is 23.0. The third-order valence-corrected chi connectivity index (χ3v) is 9.46. The minimum atomic E-state index is -3.21. The zero-order valence-electron chi connectivity index (χ0n) is 21.2. The number of hydrogen-bond acceptors (Lipinski definition) is 4. The first kappa shape index (κ1) is 27.8. The fourth-order valence-corrected chi connectivity index (χ4v) is 6.40. The lowest BCUT2D eigenvalue weighted by molar-refractivity contribution is 0.0950. The van der Waals surface area contributed by atoms with Crippen molar-refractivity contribution < 1.29 is 13.2 Å². The van der Waals surface area contributed by atoms with E-state index in [-0.39, 0.29) is 25.2 Å². The van der Waals surface area contributed by atoms with Gasteiger partial charge in [-0.05, 0) is 72.1 Å². The molecule has 4 rings (SSSR count). The van der Waals surface area contributed by atoms with E-state index in [4.69, 9.17) is 0 Å². The van der Waals surface area contributed by atoms with Gasteiger partial charge >= 0.3 is 0 Å². The highest BCUT2D eigenvalue weighted by molar-refractivity contribution is 7.91. The number of benzene rings is 2. The van der Waals surface area contributed by atoms with Gasteiger partial charge in [-0.1, -0.05) is 51.8 Å². The number of nitrogens with zero attached hydrogens (tertiary/aromatic N) is 1. The van der Waals surface area contributed by atoms with Crippen LogP contribution in [0.2, 0.25) is 0 Å². The van der Waals surface area contributed by atoms with Gasteiger partial charge in [0.25, 0.3) is 5.91 Å². The van der Waals surface area contributed by atoms with Crippen LogP contribution in [0.4, 0.5) is 0 Å². The third-order valence-electron chi connectivity index (χ3n) is 7.71. The van der Waals surface area contributed by atoms with Gasteiger partial charge in [0.05, 0.1) is 10.6 Å². The number of hydrogen-bond donors (Lipinski definition) is 1. The van der Waals surface area contributed by atoms with Crippen LogP contribution in [-0.2, 0) is 22.9 Å². The lowest BCUT2D eigenvalue weighted by atomic mass is 9.82. The van der Waals surface area contributed by atoms with Crippen molar-refractivity contribution in [3.8, 4) is 0 Å². The number of sulfone groups is 1. The quantitative estimate of drug-likeness (QED) is 0.495. The molecule has 192 valence electrons. The minimum absolute atomic E-state index is 0. The van der Waals surface area contributed by atoms with Gasteiger partial charge in [-0.3, -0.25) is 9.69 Å². The number of carbonyl (C=O) groups excluding carboxylic acids is 1. The Morgan fingerprint density at radius 1 is 1.03 bits per heavy atom. The van der Waals surface area contributed by atoms with Gasteiger partial charge in [-0.2, -0.15) is 13.5 Å². The van der Waals surface area contributed by atoms with E-state index in [0.29, 0.717) is 23.0 Å². The Labute approximate surface area is 218 Å². The van der Waals surface area contributed by atoms with Crippen molar-refractivity contribution >= 4 is 29.2 Å². The number of amides is 1. The van der Waals surface area contributed by atoms with Crippen LogP contribution in [0, 0.1) is 11.8 Å². The highest BCUT2D eigenvalue weighted by Gasteiger charge is 2.31. The predicted octanol–water partition coefficient (Wildman–Crippen LogP) is 5.62. The monoisotopic (exact) mass is 516 g/mol. The molecular weight excluding hydrogens is 476 g/mol. The molecule has 5 nitrogen and oxygen atoms in total. The number of fused-ring (bicyclic) bond motifs is 1. The summed E-state index contributed by atoms with van der Waals surface area (Å²) in [6.07, 6.45) is 6.46. The van der Waals surface area contributed by atoms with Gasteiger partial charge < -0.3 is 5.32 Å². The molecule has 1 heterocycles. The standard InChI is InChI=1S/C28H38N2O3S.H2S/c1-4-27-26-15-12-23(16-24(26)19-30(27)18-22-8-6-20(3)7-9-22)28(31)29-17-21-10-13-25(14-11-21)34(32,33)5-2;/h10-16,20,22,27H,4-9,17-19H2,1-3H3,(H,29,31);1H2/t20?,22?,27-;/m0./s1. The van der Waals surface area contributed by atoms with Crippen molar-refractivity contribution in [2.45, 2.75) is 76.9 Å². The van der Waals surface area contributed by atoms with Crippen LogP contribution in [0.15, 0.2) is 47.4 Å². The van der Waals surface area contributed by atoms with E-state index in [2.05, 4.69) is 36.2 Å². The lowest BCUT2D eigenvalue weighted by Gasteiger charge is -2.32. The van der Waals surface area contributed by atoms with Crippen LogP contribution in [0.25, 0.3) is 0 Å². The summed E-state index contributed by atoms with van der Waals surface area (Å²) >= 11 is 0. The van der Waals surface area contributed by atoms with Gasteiger partial charge in [0.1, 0.15) is 0 Å². The molecule has 1 saturated carbocycles. The molecular formula is C28H40N2O3S2. The van der Waals surface area contributed by atoms with Crippen LogP contribution in [0.5, 0.6) is 0 Å². The van der Waals surface area contributed by atoms with Gasteiger partial charge in [0.2, 0.25) is 0 Å². The Bertz CT molecular complexity index is 1110. The fraction of sp³-hybridized carbons (Fsp3) is 0.536. The molecule has 1 aliphatic carbocycles. The number of rotatable bonds is 8. The fourth-order valence-electron chi connectivity index (χ4n) is 5.51. The van der Waals surface area contributed by atoms with E-state index in [1.807, 2.05) is 6.07 Å². The van der Waals surface area contributed by atoms with E-state index in [0.717, 1.165) is 36.9 Å². The van der Waals surface area contributed by atoms with Crippen LogP contribution in [0.3, 0.4) is 0 Å². The van der Waals surface area contributed by atoms with Crippen molar-refractivity contribution in [3.05, 3.63) is 64.7 Å². The molecule has 0 spiro atoms. The van der Waals surface area contributed by atoms with Crippen molar-refractivity contribution in [2.24, 2.45) is 11.8 Å². The van der Waals surface area contributed by atoms with E-state index in [1.54, 1.807) is 31.2 Å². The van der Waals surface area contributed by atoms with Crippen LogP contribution < -0.4 is 5.32 Å². The largest absolute Gasteiger partial charge is 0.348 e. The van der Waals surface area contributed by atoms with E-state index < -0.39 is 9.84 Å².